The standard InChI is InChI=1S/C50H98N4O5/c1-4-6-8-10-12-14-16-18-20-22-24-26-30-38-47(55)51-42-34-32-37-46(45-50(58)53-41-33-28-29-35-44-59-3)54-49(57)40-36-43-52-48(56)39-31-27-25-23-21-19-17-15-13-11-9-7-5-2/h46H,4-45H2,1-3H3,(H,51,55)(H,52,56)(H,53,58)(H,54,57)/t46-/m0/s1. The van der Waals surface area contributed by atoms with Gasteiger partial charge in [0.1, 0.15) is 0 Å². The lowest BCUT2D eigenvalue weighted by Crippen LogP contribution is -2.39. The number of hydrogen-bond donors (Lipinski definition) is 4. The van der Waals surface area contributed by atoms with Crippen LogP contribution in [0.5, 0.6) is 0 Å². The highest BCUT2D eigenvalue weighted by Gasteiger charge is 2.16. The van der Waals surface area contributed by atoms with Crippen LogP contribution >= 0.6 is 0 Å². The van der Waals surface area contributed by atoms with Crippen molar-refractivity contribution in [2.75, 3.05) is 33.4 Å². The van der Waals surface area contributed by atoms with Gasteiger partial charge in [0.15, 0.2) is 0 Å². The van der Waals surface area contributed by atoms with Crippen molar-refractivity contribution in [3.8, 4) is 0 Å². The van der Waals surface area contributed by atoms with E-state index in [1.165, 1.54) is 141 Å². The molecule has 0 saturated carbocycles. The number of unbranched alkanes of at least 4 members (excludes halogenated alkanes) is 28. The van der Waals surface area contributed by atoms with Crippen molar-refractivity contribution in [1.82, 2.24) is 21.3 Å². The molecule has 0 rings (SSSR count). The zero-order valence-corrected chi connectivity index (χ0v) is 39.3. The van der Waals surface area contributed by atoms with Crippen LogP contribution in [0, 0.1) is 0 Å². The number of ether oxygens (including phenoxy) is 1. The van der Waals surface area contributed by atoms with E-state index in [1.54, 1.807) is 7.11 Å². The summed E-state index contributed by atoms with van der Waals surface area (Å²) >= 11 is 0. The Kier molecular flexibility index (Phi) is 45.2. The van der Waals surface area contributed by atoms with E-state index in [2.05, 4.69) is 35.1 Å². The number of carbonyl (C=O) groups excluding carboxylic acids is 4. The van der Waals surface area contributed by atoms with Crippen LogP contribution in [0.15, 0.2) is 0 Å². The third-order valence-corrected chi connectivity index (χ3v) is 11.6. The van der Waals surface area contributed by atoms with Gasteiger partial charge in [-0.05, 0) is 51.4 Å². The molecule has 0 aromatic heterocycles. The molecule has 348 valence electrons. The Morgan fingerprint density at radius 2 is 0.712 bits per heavy atom. The SMILES string of the molecule is CCCCCCCCCCCCCCCC(=O)NCCCC[C@@H](CC(=O)NCCCCCCOC)NC(=O)CCCNC(=O)CCCCCCCCCCCCCCC. The number of methoxy groups -OCH3 is 1. The Balaban J connectivity index is 4.23. The van der Waals surface area contributed by atoms with Gasteiger partial charge in [-0.3, -0.25) is 19.2 Å². The van der Waals surface area contributed by atoms with Crippen LogP contribution in [0.3, 0.4) is 0 Å². The highest BCUT2D eigenvalue weighted by molar-refractivity contribution is 5.80. The summed E-state index contributed by atoms with van der Waals surface area (Å²) in [4.78, 5) is 50.4. The molecular weight excluding hydrogens is 737 g/mol. The number of carbonyl (C=O) groups is 4. The molecular formula is C50H98N4O5. The second-order valence-corrected chi connectivity index (χ2v) is 17.5. The van der Waals surface area contributed by atoms with E-state index < -0.39 is 0 Å². The second kappa shape index (κ2) is 46.9. The van der Waals surface area contributed by atoms with E-state index in [4.69, 9.17) is 4.74 Å². The van der Waals surface area contributed by atoms with Crippen LogP contribution < -0.4 is 21.3 Å². The minimum Gasteiger partial charge on any atom is -0.385 e. The fourth-order valence-corrected chi connectivity index (χ4v) is 7.78. The van der Waals surface area contributed by atoms with E-state index in [-0.39, 0.29) is 36.1 Å². The summed E-state index contributed by atoms with van der Waals surface area (Å²) < 4.78 is 5.11. The fourth-order valence-electron chi connectivity index (χ4n) is 7.78. The molecule has 0 aromatic rings. The van der Waals surface area contributed by atoms with Crippen LogP contribution in [0.1, 0.15) is 258 Å². The zero-order valence-electron chi connectivity index (χ0n) is 39.3. The predicted octanol–water partition coefficient (Wildman–Crippen LogP) is 12.3. The maximum atomic E-state index is 12.9. The van der Waals surface area contributed by atoms with Crippen LogP contribution in [-0.2, 0) is 23.9 Å². The van der Waals surface area contributed by atoms with Gasteiger partial charge in [-0.15, -0.1) is 0 Å². The topological polar surface area (TPSA) is 126 Å². The molecule has 1 atom stereocenters. The lowest BCUT2D eigenvalue weighted by molar-refractivity contribution is -0.124. The van der Waals surface area contributed by atoms with Gasteiger partial charge < -0.3 is 26.0 Å². The molecule has 4 N–H and O–H groups in total. The van der Waals surface area contributed by atoms with E-state index >= 15 is 0 Å². The molecule has 9 nitrogen and oxygen atoms in total. The van der Waals surface area contributed by atoms with Gasteiger partial charge in [0.25, 0.3) is 0 Å². The zero-order chi connectivity index (χ0) is 43.1. The largest absolute Gasteiger partial charge is 0.385 e. The molecule has 0 unspecified atom stereocenters. The Labute approximate surface area is 365 Å². The molecule has 0 bridgehead atoms. The summed E-state index contributed by atoms with van der Waals surface area (Å²) in [6, 6.07) is -0.254. The van der Waals surface area contributed by atoms with Crippen molar-refractivity contribution in [1.29, 1.82) is 0 Å². The van der Waals surface area contributed by atoms with Gasteiger partial charge >= 0.3 is 0 Å². The van der Waals surface area contributed by atoms with Crippen LogP contribution in [0.25, 0.3) is 0 Å². The van der Waals surface area contributed by atoms with E-state index in [0.717, 1.165) is 70.8 Å². The highest BCUT2D eigenvalue weighted by Crippen LogP contribution is 2.15. The minimum absolute atomic E-state index is 0.0428. The molecule has 0 spiro atoms. The fraction of sp³-hybridized carbons (Fsp3) is 0.920. The van der Waals surface area contributed by atoms with E-state index in [1.807, 2.05) is 0 Å². The molecule has 9 heteroatoms. The van der Waals surface area contributed by atoms with Gasteiger partial charge in [-0.25, -0.2) is 0 Å². The quantitative estimate of drug-likeness (QED) is 0.0454. The summed E-state index contributed by atoms with van der Waals surface area (Å²) in [7, 11) is 1.72. The molecule has 0 aliphatic rings. The third-order valence-electron chi connectivity index (χ3n) is 11.6. The third kappa shape index (κ3) is 45.2. The first-order valence-corrected chi connectivity index (χ1v) is 25.5. The number of hydrogen-bond acceptors (Lipinski definition) is 5. The number of nitrogens with one attached hydrogen (secondary N) is 4. The van der Waals surface area contributed by atoms with Gasteiger partial charge in [-0.1, -0.05) is 181 Å². The molecule has 0 aliphatic heterocycles. The molecule has 0 fully saturated rings. The van der Waals surface area contributed by atoms with Crippen molar-refractivity contribution >= 4 is 23.6 Å². The molecule has 0 aliphatic carbocycles. The average molecular weight is 835 g/mol. The predicted molar refractivity (Wildman–Crippen MR) is 250 cm³/mol. The van der Waals surface area contributed by atoms with Crippen LogP contribution in [-0.4, -0.2) is 63.0 Å². The normalized spacial score (nSPS) is 11.7. The van der Waals surface area contributed by atoms with Crippen molar-refractivity contribution < 1.29 is 23.9 Å². The lowest BCUT2D eigenvalue weighted by Gasteiger charge is -2.19. The maximum Gasteiger partial charge on any atom is 0.222 e. The monoisotopic (exact) mass is 835 g/mol. The summed E-state index contributed by atoms with van der Waals surface area (Å²) in [5.41, 5.74) is 0. The van der Waals surface area contributed by atoms with Gasteiger partial charge in [0, 0.05) is 65.1 Å². The lowest BCUT2D eigenvalue weighted by atomic mass is 10.0. The summed E-state index contributed by atoms with van der Waals surface area (Å²) in [6.45, 7) is 7.04. The number of rotatable bonds is 47. The summed E-state index contributed by atoms with van der Waals surface area (Å²) in [6.07, 6.45) is 42.2. The average Bonchev–Trinajstić information content (AvgIpc) is 3.22. The minimum atomic E-state index is -0.254. The first kappa shape index (κ1) is 56.8. The highest BCUT2D eigenvalue weighted by atomic mass is 16.5. The Morgan fingerprint density at radius 3 is 1.15 bits per heavy atom. The molecule has 0 aromatic carbocycles. The maximum absolute atomic E-state index is 12.9. The first-order chi connectivity index (χ1) is 28.9. The van der Waals surface area contributed by atoms with Crippen LogP contribution in [0.2, 0.25) is 0 Å². The van der Waals surface area contributed by atoms with Crippen molar-refractivity contribution in [2.24, 2.45) is 0 Å². The molecule has 59 heavy (non-hydrogen) atoms. The molecule has 0 radical (unpaired) electrons. The Hall–Kier alpha value is -2.16. The van der Waals surface area contributed by atoms with Crippen molar-refractivity contribution in [3.63, 3.8) is 0 Å². The second-order valence-electron chi connectivity index (χ2n) is 17.5. The summed E-state index contributed by atoms with van der Waals surface area (Å²) in [5.74, 6) is 0.0608. The van der Waals surface area contributed by atoms with E-state index in [9.17, 15) is 19.2 Å². The van der Waals surface area contributed by atoms with Crippen molar-refractivity contribution in [3.05, 3.63) is 0 Å². The Morgan fingerprint density at radius 1 is 0.373 bits per heavy atom. The first-order valence-electron chi connectivity index (χ1n) is 25.5. The van der Waals surface area contributed by atoms with Gasteiger partial charge in [-0.2, -0.15) is 0 Å². The van der Waals surface area contributed by atoms with Crippen LogP contribution in [0.4, 0.5) is 0 Å². The van der Waals surface area contributed by atoms with Gasteiger partial charge in [0.2, 0.25) is 23.6 Å². The smallest absolute Gasteiger partial charge is 0.222 e. The van der Waals surface area contributed by atoms with Gasteiger partial charge in [0.05, 0.1) is 0 Å². The van der Waals surface area contributed by atoms with Crippen molar-refractivity contribution in [2.45, 2.75) is 264 Å². The Bertz CT molecular complexity index is 948. The summed E-state index contributed by atoms with van der Waals surface area (Å²) in [5, 5.41) is 12.2. The molecule has 0 heterocycles. The van der Waals surface area contributed by atoms with E-state index in [0.29, 0.717) is 51.7 Å². The molecule has 4 amide bonds. The molecule has 0 saturated heterocycles. The number of amides is 4.